The third-order valence-corrected chi connectivity index (χ3v) is 12.8. The van der Waals surface area contributed by atoms with Crippen molar-refractivity contribution in [3.63, 3.8) is 0 Å². The monoisotopic (exact) mass is 779 g/mol. The van der Waals surface area contributed by atoms with Gasteiger partial charge in [-0.3, -0.25) is 24.1 Å². The van der Waals surface area contributed by atoms with Gasteiger partial charge in [0, 0.05) is 45.9 Å². The Morgan fingerprint density at radius 3 is 2.30 bits per heavy atom. The van der Waals surface area contributed by atoms with E-state index in [1.165, 1.54) is 32.1 Å². The van der Waals surface area contributed by atoms with Crippen molar-refractivity contribution in [1.29, 1.82) is 0 Å². The van der Waals surface area contributed by atoms with Crippen molar-refractivity contribution in [2.45, 2.75) is 135 Å². The minimum atomic E-state index is -0.599. The summed E-state index contributed by atoms with van der Waals surface area (Å²) in [6.07, 6.45) is 9.96. The van der Waals surface area contributed by atoms with Gasteiger partial charge in [0.1, 0.15) is 5.01 Å². The van der Waals surface area contributed by atoms with Gasteiger partial charge < -0.3 is 35.0 Å². The molecule has 0 bridgehead atoms. The number of thiazole rings is 1. The fraction of sp³-hybridized carbons (Fsp3) is 0.825. The van der Waals surface area contributed by atoms with Crippen LogP contribution in [0.1, 0.15) is 110 Å². The minimum absolute atomic E-state index is 0.00397. The van der Waals surface area contributed by atoms with Crippen LogP contribution in [0.3, 0.4) is 0 Å². The number of aliphatic hydroxyl groups excluding tert-OH is 1. The first-order valence-electron chi connectivity index (χ1n) is 20.2. The highest BCUT2D eigenvalue weighted by atomic mass is 32.1. The van der Waals surface area contributed by atoms with Gasteiger partial charge in [-0.05, 0) is 44.1 Å². The number of hydrogen-bond donors (Lipinski definition) is 3. The van der Waals surface area contributed by atoms with Gasteiger partial charge in [-0.1, -0.05) is 73.1 Å². The van der Waals surface area contributed by atoms with Gasteiger partial charge in [-0.25, -0.2) is 4.98 Å². The molecule has 4 amide bonds. The van der Waals surface area contributed by atoms with E-state index in [4.69, 9.17) is 9.47 Å². The lowest BCUT2D eigenvalue weighted by molar-refractivity contribution is -0.146. The van der Waals surface area contributed by atoms with Crippen LogP contribution >= 0.6 is 11.3 Å². The highest BCUT2D eigenvalue weighted by Gasteiger charge is 2.42. The SMILES string of the molecule is CC[C@H](C)C([C@@H](CC(=O)N1CCC[C@H]1[C@H](OC)[C@@H](C)C(=O)N[C@@H](CC1CCCCC1)c1nccs1)OC)N(C)C(=O)CNC(=O)[C@H](C(C)C)N(C)CCO. The predicted molar refractivity (Wildman–Crippen MR) is 212 cm³/mol. The summed E-state index contributed by atoms with van der Waals surface area (Å²) in [6.45, 7) is 10.4. The van der Waals surface area contributed by atoms with Crippen molar-refractivity contribution in [2.75, 3.05) is 54.6 Å². The molecule has 8 atom stereocenters. The van der Waals surface area contributed by atoms with Crippen LogP contribution in [0.15, 0.2) is 11.6 Å². The van der Waals surface area contributed by atoms with Gasteiger partial charge in [0.25, 0.3) is 0 Å². The molecule has 1 aliphatic heterocycles. The third-order valence-electron chi connectivity index (χ3n) is 11.9. The molecule has 1 saturated heterocycles. The quantitative estimate of drug-likeness (QED) is 0.157. The van der Waals surface area contributed by atoms with E-state index in [1.54, 1.807) is 55.6 Å². The summed E-state index contributed by atoms with van der Waals surface area (Å²) in [4.78, 5) is 64.6. The number of methoxy groups -OCH3 is 2. The number of hydrogen-bond acceptors (Lipinski definition) is 10. The Kier molecular flexibility index (Phi) is 19.3. The van der Waals surface area contributed by atoms with Crippen LogP contribution in [0.2, 0.25) is 0 Å². The lowest BCUT2D eigenvalue weighted by Gasteiger charge is -2.39. The average molecular weight is 779 g/mol. The van der Waals surface area contributed by atoms with E-state index >= 15 is 0 Å². The zero-order valence-electron chi connectivity index (χ0n) is 34.4. The van der Waals surface area contributed by atoms with Crippen LogP contribution in [0.25, 0.3) is 0 Å². The van der Waals surface area contributed by atoms with Gasteiger partial charge in [-0.15, -0.1) is 11.3 Å². The number of aliphatic hydroxyl groups is 1. The Hall–Kier alpha value is -2.65. The van der Waals surface area contributed by atoms with Crippen LogP contribution < -0.4 is 10.6 Å². The zero-order chi connectivity index (χ0) is 39.9. The number of rotatable bonds is 22. The van der Waals surface area contributed by atoms with E-state index < -0.39 is 30.2 Å². The summed E-state index contributed by atoms with van der Waals surface area (Å²) in [6, 6.07) is -1.36. The van der Waals surface area contributed by atoms with E-state index in [2.05, 4.69) is 15.6 Å². The lowest BCUT2D eigenvalue weighted by Crippen LogP contribution is -2.55. The Labute approximate surface area is 328 Å². The van der Waals surface area contributed by atoms with E-state index in [9.17, 15) is 24.3 Å². The number of aromatic nitrogens is 1. The van der Waals surface area contributed by atoms with Crippen LogP contribution in [-0.4, -0.2) is 133 Å². The van der Waals surface area contributed by atoms with Gasteiger partial charge in [0.05, 0.1) is 61.9 Å². The standard InChI is InChI=1S/C40H70N6O7S/c1-10-27(4)36(45(7)34(49)25-42-39(51)35(26(2)3)44(6)20-21-47)32(52-8)24-33(48)46-19-14-17-31(46)37(53-9)28(5)38(50)43-30(40-41-18-22-54-40)23-29-15-12-11-13-16-29/h18,22,26-32,35-37,47H,10-17,19-21,23-25H2,1-9H3,(H,42,51)(H,43,50)/t27-,28+,30-,31-,32+,35-,36?,37+/m0/s1. The first kappa shape index (κ1) is 45.7. The molecule has 13 nitrogen and oxygen atoms in total. The molecule has 3 N–H and O–H groups in total. The second kappa shape index (κ2) is 22.8. The number of ether oxygens (including phenoxy) is 2. The number of nitrogens with zero attached hydrogens (tertiary/aromatic N) is 4. The van der Waals surface area contributed by atoms with Crippen LogP contribution in [0, 0.1) is 23.7 Å². The molecule has 1 saturated carbocycles. The van der Waals surface area contributed by atoms with Gasteiger partial charge in [0.15, 0.2) is 0 Å². The number of amides is 4. The molecule has 0 aromatic carbocycles. The first-order valence-corrected chi connectivity index (χ1v) is 21.1. The second-order valence-electron chi connectivity index (χ2n) is 15.9. The summed E-state index contributed by atoms with van der Waals surface area (Å²) in [7, 11) is 6.66. The molecule has 14 heteroatoms. The topological polar surface area (TPSA) is 154 Å². The molecule has 0 radical (unpaired) electrons. The molecule has 1 aliphatic carbocycles. The summed E-state index contributed by atoms with van der Waals surface area (Å²) in [5.41, 5.74) is 0. The van der Waals surface area contributed by atoms with Crippen molar-refractivity contribution in [3.05, 3.63) is 16.6 Å². The molecule has 2 fully saturated rings. The first-order chi connectivity index (χ1) is 25.8. The van der Waals surface area contributed by atoms with E-state index in [1.807, 2.05) is 44.9 Å². The molecule has 1 aromatic heterocycles. The Balaban J connectivity index is 1.70. The lowest BCUT2D eigenvalue weighted by atomic mass is 9.84. The highest BCUT2D eigenvalue weighted by Crippen LogP contribution is 2.34. The molecule has 0 spiro atoms. The fourth-order valence-electron chi connectivity index (χ4n) is 8.71. The van der Waals surface area contributed by atoms with Crippen molar-refractivity contribution in [3.8, 4) is 0 Å². The molecule has 2 heterocycles. The number of nitrogens with one attached hydrogen (secondary N) is 2. The molecule has 1 aromatic rings. The molecular formula is C40H70N6O7S. The zero-order valence-corrected chi connectivity index (χ0v) is 35.2. The average Bonchev–Trinajstić information content (AvgIpc) is 3.87. The number of likely N-dealkylation sites (N-methyl/N-ethyl adjacent to an activating group) is 2. The summed E-state index contributed by atoms with van der Waals surface area (Å²) in [5, 5.41) is 18.4. The third kappa shape index (κ3) is 12.4. The maximum atomic E-state index is 14.2. The molecule has 308 valence electrons. The Bertz CT molecular complexity index is 1300. The van der Waals surface area contributed by atoms with Crippen molar-refractivity contribution in [2.24, 2.45) is 23.7 Å². The van der Waals surface area contributed by atoms with Crippen molar-refractivity contribution < 1.29 is 33.8 Å². The summed E-state index contributed by atoms with van der Waals surface area (Å²) >= 11 is 1.57. The normalized spacial score (nSPS) is 20.6. The van der Waals surface area contributed by atoms with Crippen molar-refractivity contribution in [1.82, 2.24) is 30.3 Å². The van der Waals surface area contributed by atoms with Gasteiger partial charge in [-0.2, -0.15) is 0 Å². The van der Waals surface area contributed by atoms with E-state index in [0.29, 0.717) is 19.0 Å². The highest BCUT2D eigenvalue weighted by molar-refractivity contribution is 7.09. The largest absolute Gasteiger partial charge is 0.395 e. The second-order valence-corrected chi connectivity index (χ2v) is 16.9. The van der Waals surface area contributed by atoms with Crippen LogP contribution in [0.4, 0.5) is 0 Å². The number of likely N-dealkylation sites (tertiary alicyclic amines) is 1. The molecule has 1 unspecified atom stereocenters. The van der Waals surface area contributed by atoms with Crippen molar-refractivity contribution >= 4 is 35.0 Å². The molecular weight excluding hydrogens is 709 g/mol. The molecule has 2 aliphatic rings. The summed E-state index contributed by atoms with van der Waals surface area (Å²) < 4.78 is 12.0. The smallest absolute Gasteiger partial charge is 0.242 e. The maximum Gasteiger partial charge on any atom is 0.242 e. The van der Waals surface area contributed by atoms with E-state index in [-0.39, 0.29) is 67.1 Å². The maximum absolute atomic E-state index is 14.2. The van der Waals surface area contributed by atoms with E-state index in [0.717, 1.165) is 30.7 Å². The number of carbonyl (C=O) groups is 4. The van der Waals surface area contributed by atoms with Crippen LogP contribution in [-0.2, 0) is 28.7 Å². The number of carbonyl (C=O) groups excluding carboxylic acids is 4. The van der Waals surface area contributed by atoms with Crippen LogP contribution in [0.5, 0.6) is 0 Å². The Morgan fingerprint density at radius 2 is 1.72 bits per heavy atom. The Morgan fingerprint density at radius 1 is 1.02 bits per heavy atom. The fourth-order valence-corrected chi connectivity index (χ4v) is 9.42. The minimum Gasteiger partial charge on any atom is -0.395 e. The van der Waals surface area contributed by atoms with Gasteiger partial charge in [0.2, 0.25) is 23.6 Å². The van der Waals surface area contributed by atoms with Gasteiger partial charge >= 0.3 is 0 Å². The predicted octanol–water partition coefficient (Wildman–Crippen LogP) is 4.26. The molecule has 54 heavy (non-hydrogen) atoms. The molecule has 3 rings (SSSR count). The summed E-state index contributed by atoms with van der Waals surface area (Å²) in [5.74, 6) is -0.744.